The number of H-pyrrole nitrogens is 2. The van der Waals surface area contributed by atoms with Crippen LogP contribution in [0, 0.1) is 0 Å². The van der Waals surface area contributed by atoms with Gasteiger partial charge in [0.05, 0.1) is 6.20 Å². The normalized spacial score (nSPS) is 11.1. The number of nitrogens with zero attached hydrogens (tertiary/aromatic N) is 4. The van der Waals surface area contributed by atoms with Gasteiger partial charge in [-0.3, -0.25) is 19.0 Å². The molecule has 9 nitrogen and oxygen atoms in total. The van der Waals surface area contributed by atoms with E-state index in [0.717, 1.165) is 10.1 Å². The molecule has 0 aliphatic carbocycles. The van der Waals surface area contributed by atoms with E-state index in [4.69, 9.17) is 0 Å². The fourth-order valence-corrected chi connectivity index (χ4v) is 1.97. The van der Waals surface area contributed by atoms with Crippen LogP contribution in [0.5, 0.6) is 0 Å². The number of imidazole rings is 1. The van der Waals surface area contributed by atoms with Crippen LogP contribution in [-0.2, 0) is 20.6 Å². The number of nitrogens with one attached hydrogen (secondary N) is 3. The van der Waals surface area contributed by atoms with E-state index in [2.05, 4.69) is 25.5 Å². The first-order valence-corrected chi connectivity index (χ1v) is 5.95. The molecule has 0 aliphatic heterocycles. The second kappa shape index (κ2) is 4.37. The van der Waals surface area contributed by atoms with Crippen LogP contribution in [0.25, 0.3) is 11.2 Å². The maximum Gasteiger partial charge on any atom is 0.332 e. The second-order valence-electron chi connectivity index (χ2n) is 4.45. The van der Waals surface area contributed by atoms with E-state index in [1.165, 1.54) is 11.6 Å². The standard InChI is InChI=1S/C11H13N7O2/c1-17-8-7(9(19)18(2)11(17)20)15-10(16-8)12-3-6-4-13-14-5-6/h4-5H,3H2,1-2H3,(H,13,14)(H2,12,15,16). The highest BCUT2D eigenvalue weighted by Gasteiger charge is 2.13. The lowest BCUT2D eigenvalue weighted by molar-refractivity contribution is 0.709. The Morgan fingerprint density at radius 1 is 1.30 bits per heavy atom. The maximum absolute atomic E-state index is 12.0. The zero-order valence-corrected chi connectivity index (χ0v) is 11.0. The minimum atomic E-state index is -0.407. The van der Waals surface area contributed by atoms with E-state index in [-0.39, 0.29) is 0 Å². The molecule has 0 amide bonds. The lowest BCUT2D eigenvalue weighted by Gasteiger charge is -2.00. The maximum atomic E-state index is 12.0. The van der Waals surface area contributed by atoms with Crippen molar-refractivity contribution in [2.24, 2.45) is 14.1 Å². The molecule has 0 saturated carbocycles. The summed E-state index contributed by atoms with van der Waals surface area (Å²) >= 11 is 0. The summed E-state index contributed by atoms with van der Waals surface area (Å²) in [6.07, 6.45) is 3.44. The summed E-state index contributed by atoms with van der Waals surface area (Å²) in [6.45, 7) is 0.505. The van der Waals surface area contributed by atoms with E-state index in [1.54, 1.807) is 19.4 Å². The molecular formula is C11H13N7O2. The highest BCUT2D eigenvalue weighted by atomic mass is 16.2. The van der Waals surface area contributed by atoms with E-state index in [1.807, 2.05) is 0 Å². The first kappa shape index (κ1) is 12.2. The van der Waals surface area contributed by atoms with Gasteiger partial charge in [-0.15, -0.1) is 0 Å². The van der Waals surface area contributed by atoms with Crippen molar-refractivity contribution in [2.75, 3.05) is 5.32 Å². The lowest BCUT2D eigenvalue weighted by Crippen LogP contribution is -2.36. The van der Waals surface area contributed by atoms with E-state index >= 15 is 0 Å². The van der Waals surface area contributed by atoms with Crippen LogP contribution in [0.1, 0.15) is 5.56 Å². The van der Waals surface area contributed by atoms with Crippen molar-refractivity contribution in [3.8, 4) is 0 Å². The van der Waals surface area contributed by atoms with Gasteiger partial charge in [0.15, 0.2) is 11.2 Å². The summed E-state index contributed by atoms with van der Waals surface area (Å²) in [6, 6.07) is 0. The topological polar surface area (TPSA) is 113 Å². The van der Waals surface area contributed by atoms with Crippen molar-refractivity contribution in [1.29, 1.82) is 0 Å². The van der Waals surface area contributed by atoms with Gasteiger partial charge in [-0.2, -0.15) is 10.1 Å². The van der Waals surface area contributed by atoms with E-state index < -0.39 is 11.2 Å². The summed E-state index contributed by atoms with van der Waals surface area (Å²) < 4.78 is 2.37. The molecular weight excluding hydrogens is 262 g/mol. The number of fused-ring (bicyclic) bond motifs is 1. The van der Waals surface area contributed by atoms with Gasteiger partial charge < -0.3 is 10.3 Å². The molecule has 0 bridgehead atoms. The minimum Gasteiger partial charge on any atom is -0.352 e. The Labute approximate surface area is 112 Å². The van der Waals surface area contributed by atoms with Crippen molar-refractivity contribution in [3.05, 3.63) is 38.8 Å². The minimum absolute atomic E-state index is 0.296. The fraction of sp³-hybridized carbons (Fsp3) is 0.273. The molecule has 0 unspecified atom stereocenters. The summed E-state index contributed by atoms with van der Waals surface area (Å²) in [7, 11) is 3.01. The van der Waals surface area contributed by atoms with Crippen molar-refractivity contribution in [3.63, 3.8) is 0 Å². The number of anilines is 1. The molecule has 0 aliphatic rings. The van der Waals surface area contributed by atoms with Crippen LogP contribution in [-0.4, -0.2) is 29.3 Å². The monoisotopic (exact) mass is 275 g/mol. The van der Waals surface area contributed by atoms with Gasteiger partial charge in [-0.05, 0) is 0 Å². The molecule has 3 N–H and O–H groups in total. The van der Waals surface area contributed by atoms with Crippen molar-refractivity contribution < 1.29 is 0 Å². The third-order valence-corrected chi connectivity index (χ3v) is 3.11. The Kier molecular flexibility index (Phi) is 2.67. The zero-order chi connectivity index (χ0) is 14.3. The Morgan fingerprint density at radius 3 is 2.80 bits per heavy atom. The van der Waals surface area contributed by atoms with Gasteiger partial charge in [0, 0.05) is 32.4 Å². The smallest absolute Gasteiger partial charge is 0.332 e. The highest BCUT2D eigenvalue weighted by molar-refractivity contribution is 5.72. The van der Waals surface area contributed by atoms with Crippen molar-refractivity contribution in [1.82, 2.24) is 29.3 Å². The largest absolute Gasteiger partial charge is 0.352 e. The van der Waals surface area contributed by atoms with E-state index in [9.17, 15) is 9.59 Å². The van der Waals surface area contributed by atoms with Crippen LogP contribution in [0.15, 0.2) is 22.0 Å². The van der Waals surface area contributed by atoms with Gasteiger partial charge in [-0.1, -0.05) is 0 Å². The first-order valence-electron chi connectivity index (χ1n) is 5.95. The lowest BCUT2D eigenvalue weighted by atomic mass is 10.4. The molecule has 0 aromatic carbocycles. The first-order chi connectivity index (χ1) is 9.58. The molecule has 3 rings (SSSR count). The zero-order valence-electron chi connectivity index (χ0n) is 11.0. The molecule has 20 heavy (non-hydrogen) atoms. The average molecular weight is 275 g/mol. The van der Waals surface area contributed by atoms with Crippen LogP contribution in [0.3, 0.4) is 0 Å². The van der Waals surface area contributed by atoms with Crippen LogP contribution < -0.4 is 16.6 Å². The predicted octanol–water partition coefficient (Wildman–Crippen LogP) is -0.705. The summed E-state index contributed by atoms with van der Waals surface area (Å²) in [4.78, 5) is 30.9. The molecule has 0 atom stereocenters. The Morgan fingerprint density at radius 2 is 2.10 bits per heavy atom. The Bertz CT molecular complexity index is 869. The molecule has 3 aromatic heterocycles. The number of aromatic nitrogens is 6. The third-order valence-electron chi connectivity index (χ3n) is 3.11. The Balaban J connectivity index is 2.03. The van der Waals surface area contributed by atoms with Gasteiger partial charge >= 0.3 is 5.69 Å². The molecule has 0 spiro atoms. The molecule has 0 radical (unpaired) electrons. The van der Waals surface area contributed by atoms with Gasteiger partial charge in [0.1, 0.15) is 0 Å². The highest BCUT2D eigenvalue weighted by Crippen LogP contribution is 2.09. The summed E-state index contributed by atoms with van der Waals surface area (Å²) in [5.41, 5.74) is 0.770. The van der Waals surface area contributed by atoms with Crippen LogP contribution in [0.4, 0.5) is 5.95 Å². The van der Waals surface area contributed by atoms with Crippen molar-refractivity contribution in [2.45, 2.75) is 6.54 Å². The number of aromatic amines is 2. The van der Waals surface area contributed by atoms with E-state index in [0.29, 0.717) is 23.7 Å². The van der Waals surface area contributed by atoms with Crippen LogP contribution >= 0.6 is 0 Å². The second-order valence-corrected chi connectivity index (χ2v) is 4.45. The Hall–Kier alpha value is -2.84. The number of hydrogen-bond donors (Lipinski definition) is 3. The third kappa shape index (κ3) is 1.79. The van der Waals surface area contributed by atoms with Gasteiger partial charge in [0.25, 0.3) is 5.56 Å². The average Bonchev–Trinajstić information content (AvgIpc) is 3.09. The molecule has 0 fully saturated rings. The molecule has 3 heterocycles. The quantitative estimate of drug-likeness (QED) is 0.584. The summed E-state index contributed by atoms with van der Waals surface area (Å²) in [5.74, 6) is 0.430. The molecule has 9 heteroatoms. The number of aryl methyl sites for hydroxylation is 1. The number of hydrogen-bond acceptors (Lipinski definition) is 5. The number of rotatable bonds is 3. The molecule has 104 valence electrons. The predicted molar refractivity (Wildman–Crippen MR) is 72.5 cm³/mol. The van der Waals surface area contributed by atoms with Gasteiger partial charge in [0.2, 0.25) is 5.95 Å². The SMILES string of the molecule is Cn1c(=O)c2[nH]c(NCc3cn[nH]c3)nc2n(C)c1=O. The summed E-state index contributed by atoms with van der Waals surface area (Å²) in [5, 5.41) is 9.58. The fourth-order valence-electron chi connectivity index (χ4n) is 1.97. The van der Waals surface area contributed by atoms with Crippen molar-refractivity contribution >= 4 is 17.1 Å². The van der Waals surface area contributed by atoms with Gasteiger partial charge in [-0.25, -0.2) is 4.79 Å². The van der Waals surface area contributed by atoms with Crippen LogP contribution in [0.2, 0.25) is 0 Å². The molecule has 3 aromatic rings. The molecule has 0 saturated heterocycles.